The third kappa shape index (κ3) is 2.86. The number of ether oxygens (including phenoxy) is 1. The molecule has 0 heterocycles. The van der Waals surface area contributed by atoms with Gasteiger partial charge in [-0.1, -0.05) is 0 Å². The highest BCUT2D eigenvalue weighted by atomic mass is 19.1. The van der Waals surface area contributed by atoms with Gasteiger partial charge in [0.05, 0.1) is 11.6 Å². The second kappa shape index (κ2) is 5.57. The van der Waals surface area contributed by atoms with Crippen molar-refractivity contribution in [1.29, 1.82) is 5.26 Å². The molecule has 20 heavy (non-hydrogen) atoms. The number of nitriles is 1. The predicted octanol–water partition coefficient (Wildman–Crippen LogP) is 3.31. The lowest BCUT2D eigenvalue weighted by Gasteiger charge is -2.10. The van der Waals surface area contributed by atoms with Gasteiger partial charge in [-0.3, -0.25) is 0 Å². The molecule has 0 saturated carbocycles. The lowest BCUT2D eigenvalue weighted by Crippen LogP contribution is -2.02. The monoisotopic (exact) mass is 274 g/mol. The molecule has 0 saturated heterocycles. The molecule has 0 radical (unpaired) electrons. The van der Waals surface area contributed by atoms with Crippen molar-refractivity contribution in [3.63, 3.8) is 0 Å². The summed E-state index contributed by atoms with van der Waals surface area (Å²) in [7, 11) is 0. The first kappa shape index (κ1) is 13.8. The number of nitrogens with two attached hydrogens (primary N) is 1. The molecule has 2 aromatic carbocycles. The van der Waals surface area contributed by atoms with Crippen LogP contribution in [0.2, 0.25) is 0 Å². The highest BCUT2D eigenvalue weighted by molar-refractivity contribution is 5.50. The van der Waals surface area contributed by atoms with Crippen LogP contribution in [0.1, 0.15) is 16.7 Å². The third-order valence-corrected chi connectivity index (χ3v) is 2.89. The molecule has 2 N–H and O–H groups in total. The summed E-state index contributed by atoms with van der Waals surface area (Å²) in [6.45, 7) is 1.63. The summed E-state index contributed by atoms with van der Waals surface area (Å²) in [6.07, 6.45) is 0. The van der Waals surface area contributed by atoms with E-state index in [0.29, 0.717) is 22.4 Å². The summed E-state index contributed by atoms with van der Waals surface area (Å²) in [6, 6.07) is 8.32. The Morgan fingerprint density at radius 1 is 1.25 bits per heavy atom. The quantitative estimate of drug-likeness (QED) is 0.873. The average molecular weight is 274 g/mol. The van der Waals surface area contributed by atoms with Gasteiger partial charge in [-0.05, 0) is 36.8 Å². The number of halogens is 2. The van der Waals surface area contributed by atoms with E-state index < -0.39 is 11.6 Å². The first-order chi connectivity index (χ1) is 9.51. The number of benzene rings is 2. The van der Waals surface area contributed by atoms with E-state index in [2.05, 4.69) is 0 Å². The lowest BCUT2D eigenvalue weighted by atomic mass is 10.1. The maximum Gasteiger partial charge on any atom is 0.167 e. The maximum atomic E-state index is 13.7. The Morgan fingerprint density at radius 2 is 2.00 bits per heavy atom. The molecule has 0 aliphatic heterocycles. The summed E-state index contributed by atoms with van der Waals surface area (Å²) in [5, 5.41) is 8.92. The number of rotatable bonds is 3. The van der Waals surface area contributed by atoms with Gasteiger partial charge >= 0.3 is 0 Å². The Hall–Kier alpha value is -2.61. The van der Waals surface area contributed by atoms with Crippen LogP contribution in [0.15, 0.2) is 30.3 Å². The largest absolute Gasteiger partial charge is 0.486 e. The van der Waals surface area contributed by atoms with Crippen molar-refractivity contribution in [2.45, 2.75) is 13.5 Å². The number of hydrogen-bond acceptors (Lipinski definition) is 3. The highest BCUT2D eigenvalue weighted by Crippen LogP contribution is 2.24. The minimum atomic E-state index is -0.594. The first-order valence-electron chi connectivity index (χ1n) is 5.88. The molecule has 0 amide bonds. The molecule has 2 aromatic rings. The van der Waals surface area contributed by atoms with E-state index in [-0.39, 0.29) is 12.4 Å². The molecule has 102 valence electrons. The van der Waals surface area contributed by atoms with Crippen molar-refractivity contribution in [3.05, 3.63) is 58.7 Å². The number of anilines is 1. The molecule has 0 atom stereocenters. The SMILES string of the molecule is Cc1cc(OCc2cc(F)ccc2C#N)c(F)cc1N. The number of nitrogen functional groups attached to an aromatic ring is 1. The number of aryl methyl sites for hydroxylation is 1. The fourth-order valence-corrected chi connectivity index (χ4v) is 1.73. The van der Waals surface area contributed by atoms with Crippen LogP contribution < -0.4 is 10.5 Å². The van der Waals surface area contributed by atoms with E-state index in [4.69, 9.17) is 15.7 Å². The summed E-state index contributed by atoms with van der Waals surface area (Å²) < 4.78 is 32.1. The Morgan fingerprint density at radius 3 is 2.70 bits per heavy atom. The van der Waals surface area contributed by atoms with E-state index in [1.54, 1.807) is 6.92 Å². The van der Waals surface area contributed by atoms with Gasteiger partial charge in [-0.15, -0.1) is 0 Å². The smallest absolute Gasteiger partial charge is 0.167 e. The van der Waals surface area contributed by atoms with Gasteiger partial charge in [0, 0.05) is 17.3 Å². The van der Waals surface area contributed by atoms with E-state index in [9.17, 15) is 8.78 Å². The van der Waals surface area contributed by atoms with Crippen molar-refractivity contribution in [2.75, 3.05) is 5.73 Å². The summed E-state index contributed by atoms with van der Waals surface area (Å²) in [5.74, 6) is -1.05. The molecule has 3 nitrogen and oxygen atoms in total. The third-order valence-electron chi connectivity index (χ3n) is 2.89. The summed E-state index contributed by atoms with van der Waals surface area (Å²) >= 11 is 0. The fourth-order valence-electron chi connectivity index (χ4n) is 1.73. The molecule has 0 aliphatic carbocycles. The van der Waals surface area contributed by atoms with Crippen LogP contribution >= 0.6 is 0 Å². The molecule has 5 heteroatoms. The van der Waals surface area contributed by atoms with Crippen LogP contribution in [-0.4, -0.2) is 0 Å². The standard InChI is InChI=1S/C15H12F2N2O/c1-9-4-15(13(17)6-14(9)19)20-8-11-5-12(16)3-2-10(11)7-18/h2-6H,8,19H2,1H3. The zero-order chi connectivity index (χ0) is 14.7. The zero-order valence-electron chi connectivity index (χ0n) is 10.8. The van der Waals surface area contributed by atoms with Gasteiger partial charge in [-0.2, -0.15) is 5.26 Å². The first-order valence-corrected chi connectivity index (χ1v) is 5.88. The molecule has 0 fully saturated rings. The van der Waals surface area contributed by atoms with Gasteiger partial charge in [0.25, 0.3) is 0 Å². The number of nitrogens with zero attached hydrogens (tertiary/aromatic N) is 1. The Bertz CT molecular complexity index is 693. The van der Waals surface area contributed by atoms with Crippen molar-refractivity contribution in [1.82, 2.24) is 0 Å². The van der Waals surface area contributed by atoms with Crippen LogP contribution in [0.3, 0.4) is 0 Å². The Labute approximate surface area is 115 Å². The summed E-state index contributed by atoms with van der Waals surface area (Å²) in [4.78, 5) is 0. The lowest BCUT2D eigenvalue weighted by molar-refractivity contribution is 0.289. The Kier molecular flexibility index (Phi) is 3.85. The van der Waals surface area contributed by atoms with Crippen LogP contribution in [0, 0.1) is 29.9 Å². The second-order valence-corrected chi connectivity index (χ2v) is 4.34. The predicted molar refractivity (Wildman–Crippen MR) is 71.0 cm³/mol. The van der Waals surface area contributed by atoms with Crippen LogP contribution in [-0.2, 0) is 6.61 Å². The minimum absolute atomic E-state index is 0.0184. The molecular weight excluding hydrogens is 262 g/mol. The van der Waals surface area contributed by atoms with Crippen molar-refractivity contribution in [3.8, 4) is 11.8 Å². The minimum Gasteiger partial charge on any atom is -0.486 e. The average Bonchev–Trinajstić information content (AvgIpc) is 2.41. The van der Waals surface area contributed by atoms with Crippen LogP contribution in [0.4, 0.5) is 14.5 Å². The van der Waals surface area contributed by atoms with Gasteiger partial charge in [0.2, 0.25) is 0 Å². The molecule has 0 unspecified atom stereocenters. The van der Waals surface area contributed by atoms with Crippen LogP contribution in [0.5, 0.6) is 5.75 Å². The topological polar surface area (TPSA) is 59.0 Å². The Balaban J connectivity index is 2.23. The van der Waals surface area contributed by atoms with E-state index in [1.165, 1.54) is 30.3 Å². The molecule has 0 spiro atoms. The maximum absolute atomic E-state index is 13.7. The van der Waals surface area contributed by atoms with Gasteiger partial charge in [0.1, 0.15) is 12.4 Å². The highest BCUT2D eigenvalue weighted by Gasteiger charge is 2.09. The van der Waals surface area contributed by atoms with Gasteiger partial charge < -0.3 is 10.5 Å². The molecule has 0 bridgehead atoms. The fraction of sp³-hybridized carbons (Fsp3) is 0.133. The van der Waals surface area contributed by atoms with Crippen molar-refractivity contribution >= 4 is 5.69 Å². The molecule has 0 aromatic heterocycles. The second-order valence-electron chi connectivity index (χ2n) is 4.34. The van der Waals surface area contributed by atoms with Crippen molar-refractivity contribution < 1.29 is 13.5 Å². The van der Waals surface area contributed by atoms with Gasteiger partial charge in [0.15, 0.2) is 11.6 Å². The normalized spacial score (nSPS) is 10.1. The van der Waals surface area contributed by atoms with E-state index >= 15 is 0 Å². The molecule has 2 rings (SSSR count). The zero-order valence-corrected chi connectivity index (χ0v) is 10.8. The van der Waals surface area contributed by atoms with Crippen LogP contribution in [0.25, 0.3) is 0 Å². The van der Waals surface area contributed by atoms with E-state index in [1.807, 2.05) is 6.07 Å². The number of hydrogen-bond donors (Lipinski definition) is 1. The van der Waals surface area contributed by atoms with Gasteiger partial charge in [-0.25, -0.2) is 8.78 Å². The van der Waals surface area contributed by atoms with E-state index in [0.717, 1.165) is 0 Å². The summed E-state index contributed by atoms with van der Waals surface area (Å²) in [5.41, 5.74) is 7.24. The van der Waals surface area contributed by atoms with Crippen molar-refractivity contribution in [2.24, 2.45) is 0 Å². The molecular formula is C15H12F2N2O. The molecule has 0 aliphatic rings.